The van der Waals surface area contributed by atoms with Crippen LogP contribution in [0.1, 0.15) is 29.3 Å². The summed E-state index contributed by atoms with van der Waals surface area (Å²) >= 11 is 0. The zero-order chi connectivity index (χ0) is 30.2. The van der Waals surface area contributed by atoms with Gasteiger partial charge in [-0.25, -0.2) is 14.5 Å². The predicted octanol–water partition coefficient (Wildman–Crippen LogP) is 4.30. The molecule has 1 saturated heterocycles. The molecule has 0 bridgehead atoms. The molecule has 220 valence electrons. The molecule has 11 heteroatoms. The molecule has 0 unspecified atom stereocenters. The molecule has 1 N–H and O–H groups in total. The Morgan fingerprint density at radius 2 is 1.62 bits per heavy atom. The third kappa shape index (κ3) is 6.63. The molecule has 3 aromatic carbocycles. The summed E-state index contributed by atoms with van der Waals surface area (Å²) in [6, 6.07) is 16.7. The number of urea groups is 1. The number of carbonyl (C=O) groups excluding carboxylic acids is 4. The molecule has 42 heavy (non-hydrogen) atoms. The number of carbonyl (C=O) groups is 4. The zero-order valence-electron chi connectivity index (χ0n) is 23.9. The van der Waals surface area contributed by atoms with Gasteiger partial charge in [0, 0.05) is 18.3 Å². The van der Waals surface area contributed by atoms with Gasteiger partial charge in [0.05, 0.1) is 45.6 Å². The Bertz CT molecular complexity index is 1460. The van der Waals surface area contributed by atoms with Crippen LogP contribution in [-0.2, 0) is 20.7 Å². The van der Waals surface area contributed by atoms with E-state index in [1.807, 2.05) is 12.1 Å². The van der Waals surface area contributed by atoms with Gasteiger partial charge < -0.3 is 29.2 Å². The highest BCUT2D eigenvalue weighted by molar-refractivity contribution is 6.22. The van der Waals surface area contributed by atoms with Crippen molar-refractivity contribution < 1.29 is 38.1 Å². The number of benzene rings is 3. The Morgan fingerprint density at radius 3 is 2.29 bits per heavy atom. The summed E-state index contributed by atoms with van der Waals surface area (Å²) in [6.07, 6.45) is 0.134. The van der Waals surface area contributed by atoms with Gasteiger partial charge in [-0.3, -0.25) is 9.59 Å². The summed E-state index contributed by atoms with van der Waals surface area (Å²) in [4.78, 5) is 54.8. The Balaban J connectivity index is 1.54. The van der Waals surface area contributed by atoms with Crippen LogP contribution in [0.2, 0.25) is 0 Å². The molecule has 1 aliphatic heterocycles. The Labute approximate surface area is 243 Å². The molecule has 0 aliphatic carbocycles. The number of hydrogen-bond donors (Lipinski definition) is 1. The number of imide groups is 1. The quantitative estimate of drug-likeness (QED) is 0.251. The smallest absolute Gasteiger partial charge is 0.338 e. The maximum absolute atomic E-state index is 13.6. The lowest BCUT2D eigenvalue weighted by atomic mass is 10.1. The van der Waals surface area contributed by atoms with Crippen LogP contribution in [0.5, 0.6) is 17.2 Å². The summed E-state index contributed by atoms with van der Waals surface area (Å²) in [7, 11) is 4.58. The molecule has 0 aromatic heterocycles. The molecular weight excluding hydrogens is 542 g/mol. The van der Waals surface area contributed by atoms with Gasteiger partial charge >= 0.3 is 12.0 Å². The highest BCUT2D eigenvalue weighted by atomic mass is 16.5. The minimum Gasteiger partial charge on any atom is -0.497 e. The first-order valence-corrected chi connectivity index (χ1v) is 13.4. The van der Waals surface area contributed by atoms with Gasteiger partial charge in [-0.2, -0.15) is 0 Å². The molecule has 0 saturated carbocycles. The maximum Gasteiger partial charge on any atom is 0.338 e. The fourth-order valence-electron chi connectivity index (χ4n) is 4.65. The van der Waals surface area contributed by atoms with E-state index in [0.717, 1.165) is 10.5 Å². The van der Waals surface area contributed by atoms with E-state index in [9.17, 15) is 19.2 Å². The lowest BCUT2D eigenvalue weighted by Crippen LogP contribution is -2.39. The van der Waals surface area contributed by atoms with Crippen molar-refractivity contribution in [3.63, 3.8) is 0 Å². The number of rotatable bonds is 12. The van der Waals surface area contributed by atoms with Crippen LogP contribution in [0.25, 0.3) is 0 Å². The number of anilines is 2. The van der Waals surface area contributed by atoms with Crippen LogP contribution in [0.15, 0.2) is 66.7 Å². The van der Waals surface area contributed by atoms with Crippen molar-refractivity contribution in [2.75, 3.05) is 44.7 Å². The second-order valence-corrected chi connectivity index (χ2v) is 9.36. The van der Waals surface area contributed by atoms with Gasteiger partial charge in [0.25, 0.3) is 5.91 Å². The SMILES string of the molecule is CCOC(=O)c1ccc(NC(=O)C[C@H]2C(=O)N(c3cccc(OC)c3)C(=O)N2CCc2ccc(OC)c(OC)c2)cc1. The van der Waals surface area contributed by atoms with Gasteiger partial charge in [-0.15, -0.1) is 0 Å². The first-order chi connectivity index (χ1) is 20.3. The van der Waals surface area contributed by atoms with Crippen molar-refractivity contribution in [3.05, 3.63) is 77.9 Å². The molecule has 1 fully saturated rings. The number of methoxy groups -OCH3 is 3. The second kappa shape index (κ2) is 13.5. The molecule has 1 atom stereocenters. The van der Waals surface area contributed by atoms with Crippen LogP contribution in [-0.4, -0.2) is 69.2 Å². The largest absolute Gasteiger partial charge is 0.497 e. The lowest BCUT2D eigenvalue weighted by molar-refractivity contribution is -0.124. The standard InChI is InChI=1S/C31H33N3O8/c1-5-42-30(37)21-10-12-22(13-11-21)32-28(35)19-25-29(36)34(23-7-6-8-24(18-23)39-2)31(38)33(25)16-15-20-9-14-26(40-3)27(17-20)41-4/h6-14,17-18,25H,5,15-16,19H2,1-4H3,(H,32,35)/t25-/m0/s1. The predicted molar refractivity (Wildman–Crippen MR) is 155 cm³/mol. The Kier molecular flexibility index (Phi) is 9.64. The molecule has 4 rings (SSSR count). The highest BCUT2D eigenvalue weighted by Gasteiger charge is 2.46. The third-order valence-electron chi connectivity index (χ3n) is 6.78. The van der Waals surface area contributed by atoms with Crippen molar-refractivity contribution in [1.82, 2.24) is 4.90 Å². The number of nitrogens with one attached hydrogen (secondary N) is 1. The molecule has 3 aromatic rings. The van der Waals surface area contributed by atoms with Gasteiger partial charge in [-0.1, -0.05) is 12.1 Å². The first kappa shape index (κ1) is 29.9. The Hall–Kier alpha value is -5.06. The average molecular weight is 576 g/mol. The number of hydrogen-bond acceptors (Lipinski definition) is 8. The van der Waals surface area contributed by atoms with E-state index in [2.05, 4.69) is 5.32 Å². The van der Waals surface area contributed by atoms with Crippen LogP contribution in [0, 0.1) is 0 Å². The van der Waals surface area contributed by atoms with E-state index in [4.69, 9.17) is 18.9 Å². The molecule has 1 aliphatic rings. The fraction of sp³-hybridized carbons (Fsp3) is 0.290. The summed E-state index contributed by atoms with van der Waals surface area (Å²) in [5.41, 5.74) is 1.99. The topological polar surface area (TPSA) is 124 Å². The number of esters is 1. The molecule has 0 radical (unpaired) electrons. The van der Waals surface area contributed by atoms with Crippen molar-refractivity contribution in [2.45, 2.75) is 25.8 Å². The summed E-state index contributed by atoms with van der Waals surface area (Å²) < 4.78 is 20.9. The minimum atomic E-state index is -1.04. The van der Waals surface area contributed by atoms with E-state index in [1.165, 1.54) is 31.3 Å². The van der Waals surface area contributed by atoms with E-state index in [0.29, 0.717) is 40.6 Å². The maximum atomic E-state index is 13.6. The van der Waals surface area contributed by atoms with Crippen molar-refractivity contribution >= 4 is 35.2 Å². The molecule has 0 spiro atoms. The second-order valence-electron chi connectivity index (χ2n) is 9.36. The van der Waals surface area contributed by atoms with Gasteiger partial charge in [0.1, 0.15) is 11.8 Å². The first-order valence-electron chi connectivity index (χ1n) is 13.4. The Morgan fingerprint density at radius 1 is 0.881 bits per heavy atom. The zero-order valence-corrected chi connectivity index (χ0v) is 23.9. The van der Waals surface area contributed by atoms with E-state index >= 15 is 0 Å². The molecule has 4 amide bonds. The van der Waals surface area contributed by atoms with Crippen molar-refractivity contribution in [3.8, 4) is 17.2 Å². The monoisotopic (exact) mass is 575 g/mol. The van der Waals surface area contributed by atoms with Crippen molar-refractivity contribution in [2.24, 2.45) is 0 Å². The highest BCUT2D eigenvalue weighted by Crippen LogP contribution is 2.31. The summed E-state index contributed by atoms with van der Waals surface area (Å²) in [5.74, 6) is 0.150. The lowest BCUT2D eigenvalue weighted by Gasteiger charge is -2.22. The minimum absolute atomic E-state index is 0.173. The van der Waals surface area contributed by atoms with Crippen molar-refractivity contribution in [1.29, 1.82) is 0 Å². The number of nitrogens with zero attached hydrogens (tertiary/aromatic N) is 2. The summed E-state index contributed by atoms with van der Waals surface area (Å²) in [5, 5.41) is 2.75. The van der Waals surface area contributed by atoms with Crippen LogP contribution < -0.4 is 24.4 Å². The number of amides is 4. The average Bonchev–Trinajstić information content (AvgIpc) is 3.23. The normalized spacial score (nSPS) is 14.5. The molecule has 1 heterocycles. The van der Waals surface area contributed by atoms with E-state index < -0.39 is 29.9 Å². The van der Waals surface area contributed by atoms with E-state index in [1.54, 1.807) is 56.5 Å². The van der Waals surface area contributed by atoms with Crippen LogP contribution in [0.4, 0.5) is 16.2 Å². The molecule has 11 nitrogen and oxygen atoms in total. The fourth-order valence-corrected chi connectivity index (χ4v) is 4.65. The third-order valence-corrected chi connectivity index (χ3v) is 6.78. The van der Waals surface area contributed by atoms with Crippen LogP contribution in [0.3, 0.4) is 0 Å². The van der Waals surface area contributed by atoms with Crippen LogP contribution >= 0.6 is 0 Å². The number of ether oxygens (including phenoxy) is 4. The molecular formula is C31H33N3O8. The summed E-state index contributed by atoms with van der Waals surface area (Å²) in [6.45, 7) is 2.14. The van der Waals surface area contributed by atoms with E-state index in [-0.39, 0.29) is 19.6 Å². The van der Waals surface area contributed by atoms with Gasteiger partial charge in [0.2, 0.25) is 5.91 Å². The van der Waals surface area contributed by atoms with Gasteiger partial charge in [-0.05, 0) is 67.4 Å². The van der Waals surface area contributed by atoms with Gasteiger partial charge in [0.15, 0.2) is 11.5 Å².